The van der Waals surface area contributed by atoms with Gasteiger partial charge in [-0.3, -0.25) is 4.98 Å². The van der Waals surface area contributed by atoms with E-state index in [4.69, 9.17) is 10.5 Å². The molecule has 88 valence electrons. The number of aromatic nitrogens is 3. The molecule has 0 aliphatic rings. The molecule has 0 saturated heterocycles. The van der Waals surface area contributed by atoms with E-state index in [0.717, 1.165) is 16.9 Å². The van der Waals surface area contributed by atoms with E-state index >= 15 is 0 Å². The van der Waals surface area contributed by atoms with Crippen LogP contribution in [0.2, 0.25) is 0 Å². The second-order valence-electron chi connectivity index (χ2n) is 3.54. The maximum Gasteiger partial charge on any atom is 0.137 e. The van der Waals surface area contributed by atoms with Gasteiger partial charge >= 0.3 is 0 Å². The van der Waals surface area contributed by atoms with Crippen molar-refractivity contribution in [2.45, 2.75) is 13.0 Å². The molecule has 2 aromatic rings. The normalized spacial score (nSPS) is 12.1. The highest BCUT2D eigenvalue weighted by Crippen LogP contribution is 2.20. The van der Waals surface area contributed by atoms with Crippen LogP contribution in [0.4, 0.5) is 0 Å². The largest absolute Gasteiger partial charge is 0.492 e. The summed E-state index contributed by atoms with van der Waals surface area (Å²) in [7, 11) is 0. The molecule has 2 rings (SSSR count). The van der Waals surface area contributed by atoms with Crippen molar-refractivity contribution < 1.29 is 4.74 Å². The summed E-state index contributed by atoms with van der Waals surface area (Å²) >= 11 is 0. The fraction of sp³-hybridized carbons (Fsp3) is 0.250. The predicted molar refractivity (Wildman–Crippen MR) is 63.5 cm³/mol. The quantitative estimate of drug-likeness (QED) is 0.857. The monoisotopic (exact) mass is 230 g/mol. The van der Waals surface area contributed by atoms with Crippen molar-refractivity contribution >= 4 is 0 Å². The van der Waals surface area contributed by atoms with Crippen LogP contribution in [-0.2, 0) is 0 Å². The lowest BCUT2D eigenvalue weighted by Crippen LogP contribution is -2.13. The Kier molecular flexibility index (Phi) is 3.62. The summed E-state index contributed by atoms with van der Waals surface area (Å²) in [6.45, 7) is 2.53. The van der Waals surface area contributed by atoms with E-state index in [-0.39, 0.29) is 6.04 Å². The summed E-state index contributed by atoms with van der Waals surface area (Å²) in [6.07, 6.45) is 8.27. The molecule has 1 unspecified atom stereocenters. The van der Waals surface area contributed by atoms with Gasteiger partial charge in [0.25, 0.3) is 0 Å². The molecule has 1 atom stereocenters. The SMILES string of the molecule is CCOc1cncc(C(N)c2cncnc2)c1. The van der Waals surface area contributed by atoms with Crippen molar-refractivity contribution in [2.24, 2.45) is 5.73 Å². The van der Waals surface area contributed by atoms with E-state index in [1.54, 1.807) is 24.8 Å². The van der Waals surface area contributed by atoms with Crippen LogP contribution in [0.5, 0.6) is 5.75 Å². The molecule has 0 aliphatic heterocycles. The summed E-state index contributed by atoms with van der Waals surface area (Å²) in [6, 6.07) is 1.60. The second kappa shape index (κ2) is 5.36. The standard InChI is InChI=1S/C12H14N4O/c1-2-17-11-3-9(4-14-7-11)12(13)10-5-15-8-16-6-10/h3-8,12H,2,13H2,1H3. The smallest absolute Gasteiger partial charge is 0.137 e. The van der Waals surface area contributed by atoms with E-state index in [1.807, 2.05) is 13.0 Å². The van der Waals surface area contributed by atoms with Gasteiger partial charge in [0.15, 0.2) is 0 Å². The average molecular weight is 230 g/mol. The fourth-order valence-electron chi connectivity index (χ4n) is 1.51. The van der Waals surface area contributed by atoms with Gasteiger partial charge in [-0.1, -0.05) is 0 Å². The van der Waals surface area contributed by atoms with Crippen molar-refractivity contribution in [3.05, 3.63) is 48.3 Å². The van der Waals surface area contributed by atoms with E-state index in [0.29, 0.717) is 6.61 Å². The van der Waals surface area contributed by atoms with Crippen molar-refractivity contribution in [3.63, 3.8) is 0 Å². The highest BCUT2D eigenvalue weighted by Gasteiger charge is 2.10. The van der Waals surface area contributed by atoms with Gasteiger partial charge in [-0.25, -0.2) is 9.97 Å². The number of pyridine rings is 1. The Morgan fingerprint density at radius 1 is 1.12 bits per heavy atom. The zero-order valence-corrected chi connectivity index (χ0v) is 9.58. The molecule has 0 radical (unpaired) electrons. The predicted octanol–water partition coefficient (Wildman–Crippen LogP) is 1.32. The third-order valence-corrected chi connectivity index (χ3v) is 2.34. The summed E-state index contributed by atoms with van der Waals surface area (Å²) in [5.41, 5.74) is 7.84. The van der Waals surface area contributed by atoms with Crippen LogP contribution in [0.15, 0.2) is 37.2 Å². The van der Waals surface area contributed by atoms with Gasteiger partial charge in [0, 0.05) is 24.2 Å². The summed E-state index contributed by atoms with van der Waals surface area (Å²) < 4.78 is 5.38. The van der Waals surface area contributed by atoms with Crippen LogP contribution in [0.1, 0.15) is 24.1 Å². The Morgan fingerprint density at radius 2 is 1.82 bits per heavy atom. The molecule has 0 spiro atoms. The minimum absolute atomic E-state index is 0.288. The molecule has 0 saturated carbocycles. The number of nitrogens with zero attached hydrogens (tertiary/aromatic N) is 3. The summed E-state index contributed by atoms with van der Waals surface area (Å²) in [5.74, 6) is 0.720. The van der Waals surface area contributed by atoms with Gasteiger partial charge in [0.2, 0.25) is 0 Å². The molecule has 2 heterocycles. The van der Waals surface area contributed by atoms with Crippen LogP contribution in [0, 0.1) is 0 Å². The van der Waals surface area contributed by atoms with Gasteiger partial charge in [-0.15, -0.1) is 0 Å². The molecule has 0 aromatic carbocycles. The number of ether oxygens (including phenoxy) is 1. The Hall–Kier alpha value is -2.01. The zero-order valence-electron chi connectivity index (χ0n) is 9.58. The minimum Gasteiger partial charge on any atom is -0.492 e. The highest BCUT2D eigenvalue weighted by molar-refractivity contribution is 5.31. The first-order valence-corrected chi connectivity index (χ1v) is 5.39. The maximum absolute atomic E-state index is 6.11. The van der Waals surface area contributed by atoms with Crippen LogP contribution >= 0.6 is 0 Å². The third kappa shape index (κ3) is 2.76. The zero-order chi connectivity index (χ0) is 12.1. The molecule has 0 amide bonds. The van der Waals surface area contributed by atoms with Gasteiger partial charge in [-0.2, -0.15) is 0 Å². The molecular formula is C12H14N4O. The Morgan fingerprint density at radius 3 is 2.53 bits per heavy atom. The fourth-order valence-corrected chi connectivity index (χ4v) is 1.51. The molecule has 0 bridgehead atoms. The van der Waals surface area contributed by atoms with Crippen LogP contribution in [0.3, 0.4) is 0 Å². The van der Waals surface area contributed by atoms with Gasteiger partial charge in [0.1, 0.15) is 12.1 Å². The number of rotatable bonds is 4. The number of hydrogen-bond donors (Lipinski definition) is 1. The van der Waals surface area contributed by atoms with Gasteiger partial charge < -0.3 is 10.5 Å². The summed E-state index contributed by atoms with van der Waals surface area (Å²) in [5, 5.41) is 0. The lowest BCUT2D eigenvalue weighted by Gasteiger charge is -2.12. The first kappa shape index (κ1) is 11.5. The molecule has 0 aliphatic carbocycles. The van der Waals surface area contributed by atoms with E-state index in [9.17, 15) is 0 Å². The lowest BCUT2D eigenvalue weighted by molar-refractivity contribution is 0.338. The number of nitrogens with two attached hydrogens (primary N) is 1. The molecule has 2 aromatic heterocycles. The topological polar surface area (TPSA) is 73.9 Å². The van der Waals surface area contributed by atoms with Crippen LogP contribution < -0.4 is 10.5 Å². The molecule has 0 fully saturated rings. The molecule has 17 heavy (non-hydrogen) atoms. The van der Waals surface area contributed by atoms with Crippen molar-refractivity contribution in [3.8, 4) is 5.75 Å². The first-order chi connectivity index (χ1) is 8.31. The van der Waals surface area contributed by atoms with E-state index in [2.05, 4.69) is 15.0 Å². The second-order valence-corrected chi connectivity index (χ2v) is 3.54. The molecule has 5 heteroatoms. The van der Waals surface area contributed by atoms with Crippen LogP contribution in [-0.4, -0.2) is 21.6 Å². The van der Waals surface area contributed by atoms with Gasteiger partial charge in [0.05, 0.1) is 18.8 Å². The minimum atomic E-state index is -0.288. The Labute approximate surface area is 99.7 Å². The third-order valence-electron chi connectivity index (χ3n) is 2.34. The Bertz CT molecular complexity index is 475. The van der Waals surface area contributed by atoms with E-state index in [1.165, 1.54) is 6.33 Å². The lowest BCUT2D eigenvalue weighted by atomic mass is 10.0. The van der Waals surface area contributed by atoms with Gasteiger partial charge in [-0.05, 0) is 18.6 Å². The molecule has 5 nitrogen and oxygen atoms in total. The van der Waals surface area contributed by atoms with Crippen LogP contribution in [0.25, 0.3) is 0 Å². The molecular weight excluding hydrogens is 216 g/mol. The van der Waals surface area contributed by atoms with Crippen molar-refractivity contribution in [1.82, 2.24) is 15.0 Å². The summed E-state index contributed by atoms with van der Waals surface area (Å²) in [4.78, 5) is 12.0. The Balaban J connectivity index is 2.25. The van der Waals surface area contributed by atoms with E-state index < -0.39 is 0 Å². The average Bonchev–Trinajstić information content (AvgIpc) is 2.40. The van der Waals surface area contributed by atoms with Crippen molar-refractivity contribution in [1.29, 1.82) is 0 Å². The highest BCUT2D eigenvalue weighted by atomic mass is 16.5. The number of hydrogen-bond acceptors (Lipinski definition) is 5. The maximum atomic E-state index is 6.11. The van der Waals surface area contributed by atoms with Crippen molar-refractivity contribution in [2.75, 3.05) is 6.61 Å². The molecule has 2 N–H and O–H groups in total. The first-order valence-electron chi connectivity index (χ1n) is 5.39.